The Morgan fingerprint density at radius 2 is 2.16 bits per heavy atom. The molecule has 2 aromatic heterocycles. The molecule has 2 heterocycles. The minimum atomic E-state index is -0.268. The van der Waals surface area contributed by atoms with Crippen molar-refractivity contribution in [3.8, 4) is 11.3 Å². The summed E-state index contributed by atoms with van der Waals surface area (Å²) in [6.45, 7) is 8.46. The highest BCUT2D eigenvalue weighted by Gasteiger charge is 2.43. The molecule has 0 aliphatic heterocycles. The highest BCUT2D eigenvalue weighted by atomic mass is 35.5. The molecule has 1 fully saturated rings. The van der Waals surface area contributed by atoms with Gasteiger partial charge in [0.2, 0.25) is 5.95 Å². The van der Waals surface area contributed by atoms with Crippen LogP contribution in [0.25, 0.3) is 28.0 Å². The highest BCUT2D eigenvalue weighted by Crippen LogP contribution is 2.44. The number of nitrogens with one attached hydrogen (secondary N) is 2. The molecule has 4 rings (SSSR count). The predicted molar refractivity (Wildman–Crippen MR) is 126 cm³/mol. The minimum absolute atomic E-state index is 0.0907. The van der Waals surface area contributed by atoms with Crippen LogP contribution in [0.15, 0.2) is 35.3 Å². The van der Waals surface area contributed by atoms with Crippen LogP contribution in [-0.2, 0) is 0 Å². The van der Waals surface area contributed by atoms with Crippen LogP contribution in [0.3, 0.4) is 0 Å². The molecule has 8 heteroatoms. The largest absolute Gasteiger partial charge is 0.456 e. The van der Waals surface area contributed by atoms with Gasteiger partial charge in [-0.1, -0.05) is 25.1 Å². The van der Waals surface area contributed by atoms with Gasteiger partial charge >= 0.3 is 0 Å². The SMILES string of the molecule is C=C(NC)c1ccc2oc(-c3c(Cl)nc(N)nc3N[C@@]3(C)CC[C@H](CO)[C@H]3C)cc2c1. The number of aromatic nitrogens is 2. The Morgan fingerprint density at radius 1 is 1.39 bits per heavy atom. The first-order valence-electron chi connectivity index (χ1n) is 10.4. The second-order valence-electron chi connectivity index (χ2n) is 8.50. The van der Waals surface area contributed by atoms with Gasteiger partial charge in [-0.15, -0.1) is 0 Å². The van der Waals surface area contributed by atoms with E-state index in [9.17, 15) is 5.11 Å². The van der Waals surface area contributed by atoms with Crippen molar-refractivity contribution in [2.45, 2.75) is 32.2 Å². The number of nitrogens with two attached hydrogens (primary N) is 1. The van der Waals surface area contributed by atoms with E-state index < -0.39 is 0 Å². The Hall–Kier alpha value is -2.77. The lowest BCUT2D eigenvalue weighted by Gasteiger charge is -2.33. The van der Waals surface area contributed by atoms with Crippen LogP contribution in [0.1, 0.15) is 32.3 Å². The van der Waals surface area contributed by atoms with Gasteiger partial charge in [-0.25, -0.2) is 4.98 Å². The number of hydrogen-bond donors (Lipinski definition) is 4. The molecule has 31 heavy (non-hydrogen) atoms. The van der Waals surface area contributed by atoms with Gasteiger partial charge < -0.3 is 25.9 Å². The van der Waals surface area contributed by atoms with Crippen LogP contribution in [0.4, 0.5) is 11.8 Å². The average molecular weight is 442 g/mol. The van der Waals surface area contributed by atoms with Crippen molar-refractivity contribution >= 4 is 40.0 Å². The third-order valence-corrected chi connectivity index (χ3v) is 6.95. The normalized spacial score (nSPS) is 23.3. The molecule has 0 radical (unpaired) electrons. The summed E-state index contributed by atoms with van der Waals surface area (Å²) in [5.74, 6) is 1.66. The maximum atomic E-state index is 9.70. The van der Waals surface area contributed by atoms with Gasteiger partial charge in [0.25, 0.3) is 0 Å². The van der Waals surface area contributed by atoms with E-state index in [0.29, 0.717) is 17.1 Å². The molecule has 7 nitrogen and oxygen atoms in total. The maximum absolute atomic E-state index is 9.70. The topological polar surface area (TPSA) is 109 Å². The lowest BCUT2D eigenvalue weighted by atomic mass is 9.86. The molecule has 1 aromatic carbocycles. The summed E-state index contributed by atoms with van der Waals surface area (Å²) in [5, 5.41) is 17.4. The number of fused-ring (bicyclic) bond motifs is 1. The van der Waals surface area contributed by atoms with E-state index in [0.717, 1.165) is 35.1 Å². The second kappa shape index (κ2) is 8.05. The molecule has 3 aromatic rings. The smallest absolute Gasteiger partial charge is 0.223 e. The molecule has 0 amide bonds. The molecular weight excluding hydrogens is 414 g/mol. The molecule has 1 aliphatic rings. The summed E-state index contributed by atoms with van der Waals surface area (Å²) >= 11 is 6.53. The van der Waals surface area contributed by atoms with Gasteiger partial charge in [0.1, 0.15) is 22.3 Å². The number of nitrogen functional groups attached to an aromatic ring is 1. The number of aliphatic hydroxyl groups is 1. The number of furan rings is 1. The van der Waals surface area contributed by atoms with Crippen molar-refractivity contribution in [1.29, 1.82) is 0 Å². The summed E-state index contributed by atoms with van der Waals surface area (Å²) in [7, 11) is 1.84. The van der Waals surface area contributed by atoms with E-state index >= 15 is 0 Å². The lowest BCUT2D eigenvalue weighted by molar-refractivity contribution is 0.187. The zero-order valence-electron chi connectivity index (χ0n) is 18.0. The summed E-state index contributed by atoms with van der Waals surface area (Å²) in [4.78, 5) is 8.61. The third kappa shape index (κ3) is 3.83. The van der Waals surface area contributed by atoms with Gasteiger partial charge in [-0.2, -0.15) is 4.98 Å². The van der Waals surface area contributed by atoms with Crippen molar-refractivity contribution in [2.75, 3.05) is 24.7 Å². The number of nitrogens with zero attached hydrogens (tertiary/aromatic N) is 2. The number of benzene rings is 1. The van der Waals surface area contributed by atoms with Crippen molar-refractivity contribution in [1.82, 2.24) is 15.3 Å². The van der Waals surface area contributed by atoms with Gasteiger partial charge in [-0.05, 0) is 61.4 Å². The van der Waals surface area contributed by atoms with Gasteiger partial charge in [0, 0.05) is 30.3 Å². The molecule has 0 unspecified atom stereocenters. The molecule has 1 aliphatic carbocycles. The Labute approximate surface area is 186 Å². The fourth-order valence-corrected chi connectivity index (χ4v) is 4.71. The first-order valence-corrected chi connectivity index (χ1v) is 10.8. The van der Waals surface area contributed by atoms with Crippen molar-refractivity contribution in [3.63, 3.8) is 0 Å². The second-order valence-corrected chi connectivity index (χ2v) is 8.86. The van der Waals surface area contributed by atoms with Crippen molar-refractivity contribution in [2.24, 2.45) is 11.8 Å². The van der Waals surface area contributed by atoms with Gasteiger partial charge in [-0.3, -0.25) is 0 Å². The Balaban J connectivity index is 1.78. The molecule has 0 saturated heterocycles. The van der Waals surface area contributed by atoms with E-state index in [2.05, 4.69) is 41.0 Å². The predicted octanol–water partition coefficient (Wildman–Crippen LogP) is 4.52. The van der Waals surface area contributed by atoms with Crippen LogP contribution in [0.2, 0.25) is 5.15 Å². The number of hydrogen-bond acceptors (Lipinski definition) is 7. The first kappa shape index (κ1) is 21.5. The molecule has 0 spiro atoms. The van der Waals surface area contributed by atoms with E-state index in [1.165, 1.54) is 0 Å². The zero-order chi connectivity index (χ0) is 22.3. The standard InChI is InChI=1S/C23H28ClN5O2/c1-12-15(11-30)7-8-23(12,3)29-21-19(20(24)27-22(25)28-21)18-10-16-9-14(13(2)26-4)5-6-17(16)31-18/h5-6,9-10,12,15,26,30H,2,7-8,11H2,1,3-4H3,(H3,25,27,28,29)/t12-,15-,23+/m1/s1. The van der Waals surface area contributed by atoms with E-state index in [-0.39, 0.29) is 35.1 Å². The Morgan fingerprint density at radius 3 is 2.84 bits per heavy atom. The molecular formula is C23H28ClN5O2. The van der Waals surface area contributed by atoms with Crippen LogP contribution in [0, 0.1) is 11.8 Å². The number of aliphatic hydroxyl groups excluding tert-OH is 1. The van der Waals surface area contributed by atoms with Crippen LogP contribution in [0.5, 0.6) is 0 Å². The van der Waals surface area contributed by atoms with E-state index in [4.69, 9.17) is 21.8 Å². The Kier molecular flexibility index (Phi) is 5.58. The Bertz CT molecular complexity index is 1140. The van der Waals surface area contributed by atoms with Crippen LogP contribution in [-0.4, -0.2) is 34.3 Å². The first-order chi connectivity index (χ1) is 14.8. The number of rotatable bonds is 6. The highest BCUT2D eigenvalue weighted by molar-refractivity contribution is 6.32. The lowest BCUT2D eigenvalue weighted by Crippen LogP contribution is -2.40. The third-order valence-electron chi connectivity index (χ3n) is 6.68. The van der Waals surface area contributed by atoms with Crippen molar-refractivity contribution < 1.29 is 9.52 Å². The molecule has 3 atom stereocenters. The molecule has 0 bridgehead atoms. The summed E-state index contributed by atoms with van der Waals surface area (Å²) in [5.41, 5.74) is 8.75. The summed E-state index contributed by atoms with van der Waals surface area (Å²) in [6, 6.07) is 7.78. The number of halogens is 1. The molecule has 1 saturated carbocycles. The van der Waals surface area contributed by atoms with Gasteiger partial charge in [0.05, 0.1) is 5.56 Å². The van der Waals surface area contributed by atoms with Crippen LogP contribution >= 0.6 is 11.6 Å². The molecule has 5 N–H and O–H groups in total. The zero-order valence-corrected chi connectivity index (χ0v) is 18.8. The fourth-order valence-electron chi connectivity index (χ4n) is 4.44. The maximum Gasteiger partial charge on any atom is 0.223 e. The number of anilines is 2. The van der Waals surface area contributed by atoms with E-state index in [1.54, 1.807) is 0 Å². The summed E-state index contributed by atoms with van der Waals surface area (Å²) < 4.78 is 6.12. The average Bonchev–Trinajstić information content (AvgIpc) is 3.27. The van der Waals surface area contributed by atoms with Crippen molar-refractivity contribution in [3.05, 3.63) is 41.6 Å². The monoisotopic (exact) mass is 441 g/mol. The molecule has 164 valence electrons. The fraction of sp³-hybridized carbons (Fsp3) is 0.391. The van der Waals surface area contributed by atoms with Gasteiger partial charge in [0.15, 0.2) is 0 Å². The van der Waals surface area contributed by atoms with E-state index in [1.807, 2.05) is 31.3 Å². The summed E-state index contributed by atoms with van der Waals surface area (Å²) in [6.07, 6.45) is 1.84. The minimum Gasteiger partial charge on any atom is -0.456 e. The quantitative estimate of drug-likeness (QED) is 0.416. The van der Waals surface area contributed by atoms with Crippen LogP contribution < -0.4 is 16.4 Å².